The Morgan fingerprint density at radius 3 is 2.03 bits per heavy atom. The molecule has 125 heavy (non-hydrogen) atoms. The number of pyridine rings is 1. The molecule has 8 heterocycles. The van der Waals surface area contributed by atoms with Crippen molar-refractivity contribution >= 4 is 82.1 Å². The van der Waals surface area contributed by atoms with Gasteiger partial charge >= 0.3 is 6.11 Å². The molecule has 7 aliphatic rings. The van der Waals surface area contributed by atoms with Gasteiger partial charge in [0.05, 0.1) is 46.9 Å². The zero-order valence-electron chi connectivity index (χ0n) is 67.8. The number of rotatable bonds is 22. The van der Waals surface area contributed by atoms with Crippen LogP contribution in [-0.2, 0) is 59.1 Å². The Balaban J connectivity index is 1.01. The number of phenolic OH excluding ortho intramolecular Hbond substituents is 3. The molecule has 0 aliphatic carbocycles. The van der Waals surface area contributed by atoms with Crippen molar-refractivity contribution in [2.24, 2.45) is 11.7 Å². The quantitative estimate of drug-likeness (QED) is 0.0433. The number of nitrogens with two attached hydrogens (primary N) is 1. The first-order chi connectivity index (χ1) is 59.2. The lowest BCUT2D eigenvalue weighted by molar-refractivity contribution is -0.334. The normalized spacial score (nSPS) is 26.0. The molecule has 9 amide bonds. The maximum atomic E-state index is 16.3. The number of fused-ring (bicyclic) bond motifs is 15. The molecule has 22 N–H and O–H groups in total. The van der Waals surface area contributed by atoms with Crippen LogP contribution in [0.15, 0.2) is 122 Å². The highest BCUT2D eigenvalue weighted by atomic mass is 35.5. The van der Waals surface area contributed by atoms with E-state index in [0.29, 0.717) is 12.5 Å². The summed E-state index contributed by atoms with van der Waals surface area (Å²) in [6, 6.07) is 6.50. The Morgan fingerprint density at radius 2 is 1.39 bits per heavy atom. The number of phenols is 3. The number of primary amides is 1. The Morgan fingerprint density at radius 1 is 0.736 bits per heavy atom. The first-order valence-corrected chi connectivity index (χ1v) is 40.1. The number of benzene rings is 6. The van der Waals surface area contributed by atoms with E-state index in [1.165, 1.54) is 68.8 Å². The fourth-order valence-corrected chi connectivity index (χ4v) is 15.4. The Hall–Kier alpha value is -11.7. The zero-order chi connectivity index (χ0) is 90.5. The van der Waals surface area contributed by atoms with Crippen LogP contribution in [0.3, 0.4) is 0 Å². The molecule has 42 heteroatoms. The summed E-state index contributed by atoms with van der Waals surface area (Å²) in [6.45, 7) is 7.81. The molecule has 7 aliphatic heterocycles. The first-order valence-electron chi connectivity index (χ1n) is 39.4. The maximum Gasteiger partial charge on any atom is 0.394 e. The van der Waals surface area contributed by atoms with E-state index in [4.69, 9.17) is 57.4 Å². The molecule has 1 aromatic heterocycles. The van der Waals surface area contributed by atoms with Gasteiger partial charge in [0.15, 0.2) is 23.9 Å². The maximum absolute atomic E-state index is 16.3. The minimum atomic E-state index is -3.52. The van der Waals surface area contributed by atoms with Crippen LogP contribution in [0.1, 0.15) is 135 Å². The number of nitrogens with one attached hydrogen (secondary N) is 11. The first kappa shape index (κ1) is 92.4. The highest BCUT2D eigenvalue weighted by Gasteiger charge is 2.52. The second-order valence-electron chi connectivity index (χ2n) is 31.1. The van der Waals surface area contributed by atoms with Gasteiger partial charge in [0.2, 0.25) is 53.4 Å². The molecule has 2 saturated heterocycles. The van der Waals surface area contributed by atoms with Crippen LogP contribution in [0.25, 0.3) is 11.1 Å². The number of aromatic hydroxyl groups is 3. The van der Waals surface area contributed by atoms with Crippen molar-refractivity contribution in [1.29, 1.82) is 0 Å². The fourth-order valence-electron chi connectivity index (χ4n) is 15.0. The third kappa shape index (κ3) is 21.3. The van der Waals surface area contributed by atoms with Crippen LogP contribution in [0.5, 0.6) is 51.7 Å². The van der Waals surface area contributed by atoms with Crippen molar-refractivity contribution in [3.63, 3.8) is 0 Å². The van der Waals surface area contributed by atoms with Gasteiger partial charge < -0.3 is 133 Å². The minimum absolute atomic E-state index is 0.0286. The second kappa shape index (κ2) is 38.8. The molecule has 668 valence electrons. The van der Waals surface area contributed by atoms with Gasteiger partial charge in [0, 0.05) is 73.3 Å². The van der Waals surface area contributed by atoms with Crippen LogP contribution < -0.4 is 83.4 Å². The van der Waals surface area contributed by atoms with Crippen molar-refractivity contribution in [2.75, 3.05) is 25.5 Å². The number of carbonyl (C=O) groups excluding carboxylic acids is 9. The molecule has 11 bridgehead atoms. The van der Waals surface area contributed by atoms with Crippen LogP contribution in [0.2, 0.25) is 10.0 Å². The smallest absolute Gasteiger partial charge is 0.394 e. The summed E-state index contributed by atoms with van der Waals surface area (Å²) >= 11 is 14.4. The topological polar surface area (TPSA) is 572 Å². The number of amides is 9. The second-order valence-corrected chi connectivity index (χ2v) is 31.9. The fraction of sp³-hybridized carbons (Fsp3) is 0.398. The number of aliphatic hydroxyl groups is 6. The number of likely N-dealkylation sites (N-methyl/N-ethyl adjacent to an activating group) is 1. The van der Waals surface area contributed by atoms with Gasteiger partial charge in [-0.25, -0.2) is 5.43 Å². The van der Waals surface area contributed by atoms with Gasteiger partial charge in [-0.15, -0.1) is 0 Å². The molecule has 0 saturated carbocycles. The molecule has 0 spiro atoms. The monoisotopic (exact) mass is 1780 g/mol. The third-order valence-electron chi connectivity index (χ3n) is 21.3. The number of aliphatic hydroxyl groups excluding tert-OH is 6. The van der Waals surface area contributed by atoms with E-state index in [1.54, 1.807) is 13.8 Å². The highest BCUT2D eigenvalue weighted by molar-refractivity contribution is 6.32. The van der Waals surface area contributed by atoms with Crippen molar-refractivity contribution in [3.05, 3.63) is 171 Å². The SMILES string of the molecule is CCNNC(=O)[C@@H]1NC(=O)[C@H]2NC(=O)[C@H](NC(=O)[C@@H]3NC(=O)[C@H](CC(N)=O)NC(=O)[C@H](NC(=O)[C@@H](CC(C)C)NC)[C@H](O)c4ccc(c(Cl)c4)Oc4cc3cc(c4O[C@@H]3O[C@H](CO)[C@@H](O)[C@H](O)[C@H]3O[C@H]3C[C@](C)(NCc4cncc(C(=O)Nc5cccc(OC(C)(F)F)c5)c4)[C@H](O)[C@H](C)O3)Oc3ccc(cc3Cl)[C@H]2O)c2ccc(O)c(c2)-c2c(O)cc(O)cc21. The largest absolute Gasteiger partial charge is 0.508 e. The third-order valence-corrected chi connectivity index (χ3v) is 21.9. The lowest BCUT2D eigenvalue weighted by atomic mass is 9.84. The van der Waals surface area contributed by atoms with Crippen molar-refractivity contribution in [3.8, 4) is 62.9 Å². The molecule has 14 rings (SSSR count). The van der Waals surface area contributed by atoms with Crippen LogP contribution >= 0.6 is 23.2 Å². The molecule has 38 nitrogen and oxygen atoms in total. The highest BCUT2D eigenvalue weighted by Crippen LogP contribution is 2.50. The molecular formula is C83H93Cl2F2N13O25. The summed E-state index contributed by atoms with van der Waals surface area (Å²) in [5.41, 5.74) is 7.32. The van der Waals surface area contributed by atoms with Crippen molar-refractivity contribution < 1.29 is 131 Å². The number of hydrazine groups is 1. The number of carbonyl (C=O) groups is 9. The number of aromatic nitrogens is 1. The van der Waals surface area contributed by atoms with Gasteiger partial charge in [0.1, 0.15) is 101 Å². The van der Waals surface area contributed by atoms with E-state index >= 15 is 24.0 Å². The molecule has 6 aromatic carbocycles. The van der Waals surface area contributed by atoms with Gasteiger partial charge in [-0.2, -0.15) is 8.78 Å². The lowest BCUT2D eigenvalue weighted by Crippen LogP contribution is -2.65. The number of alkyl halides is 2. The number of hydrogen-bond donors (Lipinski definition) is 21. The van der Waals surface area contributed by atoms with Gasteiger partial charge in [-0.1, -0.05) is 68.2 Å². The molecule has 18 atom stereocenters. The standard InChI is InChI=1S/C83H93Cl2F2N13O25/c1-8-92-100-80(118)63-46-26-43(102)27-52(104)60(46)45-20-37(12-15-51(45)103)61-76(114)99-65(79(117)97-63)67(107)39-14-17-54(48(85)22-39)121-56-24-40-23-55(120-53-16-13-38(21-47(53)84)66(106)64(98-74(112)49(89-7)18-34(2)3)78(116)94-50(28-58(88)105)75(113)95-62(40)77(115)96-61)70(56)124-81-71(69(109)68(108)57(33-101)122-81)123-59-29-82(5,72(110)35(4)119-59)91-31-36-19-41(32-90-30-36)73(111)93-42-10-9-11-44(25-42)125-83(6,86)87/h9-17,19-27,30,32,34-35,49-50,57,59,61-69,71-72,81,89,91-92,101-104,106-110H,8,18,28-29,31,33H2,1-7H3,(H2,88,105)(H,93,111)(H,94,116)(H,95,113)(H,96,115)(H,97,117)(H,98,112)(H,99,114)(H,100,118)/t35-,49+,50-,57+,59-,61+,62+,63+,64+,65-,66+,67+,68+,69-,71+,72+,81-,82-/m0/s1. The average molecular weight is 1780 g/mol. The van der Waals surface area contributed by atoms with E-state index in [0.717, 1.165) is 66.7 Å². The number of nitrogens with zero attached hydrogens (tertiary/aromatic N) is 1. The van der Waals surface area contributed by atoms with Crippen LogP contribution in [-0.4, -0.2) is 209 Å². The summed E-state index contributed by atoms with van der Waals surface area (Å²) in [5, 5.41) is 130. The van der Waals surface area contributed by atoms with Gasteiger partial charge in [-0.05, 0) is 139 Å². The minimum Gasteiger partial charge on any atom is -0.508 e. The molecular weight excluding hydrogens is 1690 g/mol. The van der Waals surface area contributed by atoms with E-state index in [9.17, 15) is 73.9 Å². The summed E-state index contributed by atoms with van der Waals surface area (Å²) in [5.74, 6) is -16.2. The number of halogens is 4. The van der Waals surface area contributed by atoms with E-state index in [1.807, 2.05) is 13.8 Å². The molecule has 0 radical (unpaired) electrons. The van der Waals surface area contributed by atoms with E-state index in [2.05, 4.69) is 68.4 Å². The van der Waals surface area contributed by atoms with Crippen LogP contribution in [0, 0.1) is 5.92 Å². The predicted molar refractivity (Wildman–Crippen MR) is 436 cm³/mol. The molecule has 0 unspecified atom stereocenters. The van der Waals surface area contributed by atoms with Gasteiger partial charge in [0.25, 0.3) is 11.8 Å². The van der Waals surface area contributed by atoms with Gasteiger partial charge in [-0.3, -0.25) is 53.6 Å². The summed E-state index contributed by atoms with van der Waals surface area (Å²) in [6.07, 6.45) is -20.5. The molecule has 2 fully saturated rings. The van der Waals surface area contributed by atoms with Crippen molar-refractivity contribution in [2.45, 2.75) is 183 Å². The predicted octanol–water partition coefficient (Wildman–Crippen LogP) is 3.13. The van der Waals surface area contributed by atoms with Crippen LogP contribution in [0.4, 0.5) is 14.5 Å². The Labute approximate surface area is 721 Å². The summed E-state index contributed by atoms with van der Waals surface area (Å²) in [4.78, 5) is 138. The van der Waals surface area contributed by atoms with E-state index in [-0.39, 0.29) is 71.3 Å². The lowest BCUT2D eigenvalue weighted by Gasteiger charge is -2.48. The Kier molecular flexibility index (Phi) is 28.7. The number of hydrogen-bond acceptors (Lipinski definition) is 29. The summed E-state index contributed by atoms with van der Waals surface area (Å²) < 4.78 is 71.6. The van der Waals surface area contributed by atoms with E-state index < -0.39 is 254 Å². The number of ether oxygens (including phenoxy) is 7. The van der Waals surface area contributed by atoms with Crippen molar-refractivity contribution in [1.82, 2.24) is 58.4 Å². The zero-order valence-corrected chi connectivity index (χ0v) is 69.3. The number of anilines is 1. The molecule has 7 aromatic rings. The summed E-state index contributed by atoms with van der Waals surface area (Å²) in [7, 11) is 1.47. The Bertz CT molecular complexity index is 5270. The average Bonchev–Trinajstić information content (AvgIpc) is 0.763.